The molecule has 31 heavy (non-hydrogen) atoms. The summed E-state index contributed by atoms with van der Waals surface area (Å²) in [5.41, 5.74) is 2.76. The summed E-state index contributed by atoms with van der Waals surface area (Å²) < 4.78 is 34.5. The van der Waals surface area contributed by atoms with Crippen molar-refractivity contribution < 1.29 is 17.6 Å². The number of pyridine rings is 1. The maximum Gasteiger partial charge on any atom is 0.256 e. The molecule has 2 N–H and O–H groups in total. The lowest BCUT2D eigenvalue weighted by Gasteiger charge is -2.10. The van der Waals surface area contributed by atoms with Crippen molar-refractivity contribution in [2.75, 3.05) is 5.32 Å². The fraction of sp³-hybridized carbons (Fsp3) is 0.190. The molecule has 0 bridgehead atoms. The number of amides is 1. The smallest absolute Gasteiger partial charge is 0.256 e. The van der Waals surface area contributed by atoms with Crippen LogP contribution in [0.1, 0.15) is 27.5 Å². The molecular weight excluding hydrogens is 418 g/mol. The van der Waals surface area contributed by atoms with Gasteiger partial charge >= 0.3 is 0 Å². The van der Waals surface area contributed by atoms with Crippen LogP contribution in [-0.2, 0) is 23.6 Å². The molecule has 0 aliphatic carbocycles. The van der Waals surface area contributed by atoms with E-state index in [9.17, 15) is 13.2 Å². The zero-order valence-electron chi connectivity index (χ0n) is 17.2. The Hall–Kier alpha value is -3.50. The molecule has 4 rings (SSSR count). The first kappa shape index (κ1) is 20.8. The van der Waals surface area contributed by atoms with Gasteiger partial charge in [0.1, 0.15) is 5.76 Å². The third-order valence-corrected chi connectivity index (χ3v) is 6.16. The highest BCUT2D eigenvalue weighted by molar-refractivity contribution is 7.89. The number of anilines is 1. The Morgan fingerprint density at radius 2 is 1.97 bits per heavy atom. The summed E-state index contributed by atoms with van der Waals surface area (Å²) in [6, 6.07) is 11.1. The normalized spacial score (nSPS) is 11.7. The van der Waals surface area contributed by atoms with Crippen molar-refractivity contribution in [1.29, 1.82) is 0 Å². The lowest BCUT2D eigenvalue weighted by Crippen LogP contribution is -2.23. The zero-order chi connectivity index (χ0) is 22.2. The molecule has 0 unspecified atom stereocenters. The molecule has 160 valence electrons. The lowest BCUT2D eigenvalue weighted by atomic mass is 10.1. The van der Waals surface area contributed by atoms with Gasteiger partial charge in [0.15, 0.2) is 5.65 Å². The second kappa shape index (κ2) is 7.97. The van der Waals surface area contributed by atoms with E-state index in [0.29, 0.717) is 39.4 Å². The topological polar surface area (TPSA) is 119 Å². The molecule has 0 atom stereocenters. The van der Waals surface area contributed by atoms with Gasteiger partial charge in [-0.1, -0.05) is 6.07 Å². The highest BCUT2D eigenvalue weighted by Crippen LogP contribution is 2.23. The van der Waals surface area contributed by atoms with Crippen LogP contribution in [0, 0.1) is 13.8 Å². The molecular formula is C21H21N5O4S. The van der Waals surface area contributed by atoms with Crippen molar-refractivity contribution in [3.05, 3.63) is 71.4 Å². The molecule has 0 aliphatic heterocycles. The highest BCUT2D eigenvalue weighted by Gasteiger charge is 2.19. The number of rotatable bonds is 6. The molecule has 1 aromatic carbocycles. The summed E-state index contributed by atoms with van der Waals surface area (Å²) in [6.45, 7) is 3.64. The van der Waals surface area contributed by atoms with Gasteiger partial charge in [-0.25, -0.2) is 18.1 Å². The number of benzene rings is 1. The van der Waals surface area contributed by atoms with Crippen LogP contribution < -0.4 is 10.0 Å². The van der Waals surface area contributed by atoms with Crippen molar-refractivity contribution in [2.45, 2.75) is 25.3 Å². The minimum Gasteiger partial charge on any atom is -0.468 e. The summed E-state index contributed by atoms with van der Waals surface area (Å²) in [4.78, 5) is 17.5. The third kappa shape index (κ3) is 4.21. The van der Waals surface area contributed by atoms with E-state index in [4.69, 9.17) is 4.42 Å². The van der Waals surface area contributed by atoms with Crippen molar-refractivity contribution in [1.82, 2.24) is 19.5 Å². The standard InChI is InChI=1S/C21H21N5O4S/c1-13-10-18(19-14(2)25-26(3)20(19)23-13)21(27)24-15-6-4-8-17(11-15)31(28,29)22-12-16-7-5-9-30-16/h4-11,22H,12H2,1-3H3,(H,24,27). The molecule has 10 heteroatoms. The number of hydrogen-bond donors (Lipinski definition) is 2. The molecule has 4 aromatic rings. The van der Waals surface area contributed by atoms with Crippen LogP contribution in [0.5, 0.6) is 0 Å². The molecule has 3 aromatic heterocycles. The van der Waals surface area contributed by atoms with Gasteiger partial charge < -0.3 is 9.73 Å². The van der Waals surface area contributed by atoms with Gasteiger partial charge in [-0.3, -0.25) is 9.48 Å². The predicted octanol–water partition coefficient (Wildman–Crippen LogP) is 2.91. The van der Waals surface area contributed by atoms with Crippen LogP contribution in [0.4, 0.5) is 5.69 Å². The maximum absolute atomic E-state index is 13.0. The molecule has 0 radical (unpaired) electrons. The number of sulfonamides is 1. The zero-order valence-corrected chi connectivity index (χ0v) is 18.0. The summed E-state index contributed by atoms with van der Waals surface area (Å²) in [6.07, 6.45) is 1.47. The van der Waals surface area contributed by atoms with E-state index in [1.54, 1.807) is 49.0 Å². The Kier molecular flexibility index (Phi) is 5.34. The summed E-state index contributed by atoms with van der Waals surface area (Å²) >= 11 is 0. The van der Waals surface area contributed by atoms with Crippen molar-refractivity contribution in [3.63, 3.8) is 0 Å². The van der Waals surface area contributed by atoms with Gasteiger partial charge in [0, 0.05) is 18.4 Å². The Morgan fingerprint density at radius 1 is 1.16 bits per heavy atom. The fourth-order valence-corrected chi connectivity index (χ4v) is 4.39. The van der Waals surface area contributed by atoms with Gasteiger partial charge in [0.05, 0.1) is 34.3 Å². The Labute approximate surface area is 179 Å². The predicted molar refractivity (Wildman–Crippen MR) is 115 cm³/mol. The molecule has 0 spiro atoms. The number of hydrogen-bond acceptors (Lipinski definition) is 6. The Bertz CT molecular complexity index is 1370. The number of carbonyl (C=O) groups excluding carboxylic acids is 1. The van der Waals surface area contributed by atoms with Crippen LogP contribution in [0.2, 0.25) is 0 Å². The molecule has 1 amide bonds. The van der Waals surface area contributed by atoms with Crippen LogP contribution >= 0.6 is 0 Å². The minimum absolute atomic E-state index is 0.0283. The van der Waals surface area contributed by atoms with E-state index < -0.39 is 10.0 Å². The highest BCUT2D eigenvalue weighted by atomic mass is 32.2. The number of fused-ring (bicyclic) bond motifs is 1. The first-order valence-corrected chi connectivity index (χ1v) is 11.0. The Morgan fingerprint density at radius 3 is 2.71 bits per heavy atom. The number of aryl methyl sites for hydroxylation is 3. The maximum atomic E-state index is 13.0. The van der Waals surface area contributed by atoms with Crippen LogP contribution in [-0.4, -0.2) is 29.1 Å². The van der Waals surface area contributed by atoms with Crippen molar-refractivity contribution in [3.8, 4) is 0 Å². The van der Waals surface area contributed by atoms with Crippen molar-refractivity contribution >= 4 is 32.7 Å². The monoisotopic (exact) mass is 439 g/mol. The molecule has 0 saturated carbocycles. The SMILES string of the molecule is Cc1cc(C(=O)Nc2cccc(S(=O)(=O)NCc3ccco3)c2)c2c(C)nn(C)c2n1. The summed E-state index contributed by atoms with van der Waals surface area (Å²) in [5.74, 6) is 0.127. The third-order valence-electron chi connectivity index (χ3n) is 4.76. The van der Waals surface area contributed by atoms with E-state index in [-0.39, 0.29) is 17.3 Å². The van der Waals surface area contributed by atoms with Gasteiger partial charge in [0.2, 0.25) is 10.0 Å². The fourth-order valence-electron chi connectivity index (χ4n) is 3.35. The molecule has 0 saturated heterocycles. The second-order valence-electron chi connectivity index (χ2n) is 7.10. The van der Waals surface area contributed by atoms with E-state index in [2.05, 4.69) is 20.1 Å². The number of aromatic nitrogens is 3. The van der Waals surface area contributed by atoms with Crippen LogP contribution in [0.25, 0.3) is 11.0 Å². The number of furan rings is 1. The first-order valence-electron chi connectivity index (χ1n) is 9.49. The van der Waals surface area contributed by atoms with Gasteiger partial charge in [-0.05, 0) is 50.2 Å². The van der Waals surface area contributed by atoms with Crippen LogP contribution in [0.15, 0.2) is 58.0 Å². The number of nitrogens with zero attached hydrogens (tertiary/aromatic N) is 3. The molecule has 0 aliphatic rings. The average molecular weight is 439 g/mol. The number of nitrogens with one attached hydrogen (secondary N) is 2. The van der Waals surface area contributed by atoms with E-state index in [1.165, 1.54) is 18.4 Å². The van der Waals surface area contributed by atoms with E-state index in [1.807, 2.05) is 6.92 Å². The molecule has 0 fully saturated rings. The van der Waals surface area contributed by atoms with Crippen molar-refractivity contribution in [2.24, 2.45) is 7.05 Å². The summed E-state index contributed by atoms with van der Waals surface area (Å²) in [5, 5.41) is 7.79. The quantitative estimate of drug-likeness (QED) is 0.477. The summed E-state index contributed by atoms with van der Waals surface area (Å²) in [7, 11) is -2.02. The largest absolute Gasteiger partial charge is 0.468 e. The van der Waals surface area contributed by atoms with E-state index in [0.717, 1.165) is 0 Å². The Balaban J connectivity index is 1.60. The number of carbonyl (C=O) groups is 1. The van der Waals surface area contributed by atoms with E-state index >= 15 is 0 Å². The molecule has 3 heterocycles. The second-order valence-corrected chi connectivity index (χ2v) is 8.87. The first-order chi connectivity index (χ1) is 14.7. The molecule has 9 nitrogen and oxygen atoms in total. The average Bonchev–Trinajstić information content (AvgIpc) is 3.34. The van der Waals surface area contributed by atoms with Gasteiger partial charge in [0.25, 0.3) is 5.91 Å². The van der Waals surface area contributed by atoms with Gasteiger partial charge in [-0.15, -0.1) is 0 Å². The van der Waals surface area contributed by atoms with Gasteiger partial charge in [-0.2, -0.15) is 5.10 Å². The lowest BCUT2D eigenvalue weighted by molar-refractivity contribution is 0.102. The van der Waals surface area contributed by atoms with Crippen LogP contribution in [0.3, 0.4) is 0 Å². The minimum atomic E-state index is -3.79.